The molecule has 2 N–H and O–H groups in total. The second kappa shape index (κ2) is 7.92. The van der Waals surface area contributed by atoms with Crippen LogP contribution in [0.5, 0.6) is 0 Å². The molecule has 1 aromatic rings. The van der Waals surface area contributed by atoms with Gasteiger partial charge < -0.3 is 10.4 Å². The number of nitrogens with one attached hydrogen (secondary N) is 1. The van der Waals surface area contributed by atoms with Crippen molar-refractivity contribution in [2.75, 3.05) is 26.2 Å². The van der Waals surface area contributed by atoms with Gasteiger partial charge in [0.1, 0.15) is 0 Å². The molecule has 2 atom stereocenters. The fourth-order valence-electron chi connectivity index (χ4n) is 3.48. The maximum Gasteiger partial charge on any atom is 0.0798 e. The number of likely N-dealkylation sites (tertiary alicyclic amines) is 1. The molecule has 21 heavy (non-hydrogen) atoms. The molecule has 3 nitrogen and oxygen atoms in total. The van der Waals surface area contributed by atoms with Crippen molar-refractivity contribution in [2.45, 2.75) is 51.1 Å². The highest BCUT2D eigenvalue weighted by Gasteiger charge is 2.36. The molecule has 0 aliphatic carbocycles. The molecule has 0 radical (unpaired) electrons. The summed E-state index contributed by atoms with van der Waals surface area (Å²) in [7, 11) is 0. The van der Waals surface area contributed by atoms with Gasteiger partial charge in [0, 0.05) is 12.6 Å². The van der Waals surface area contributed by atoms with Crippen molar-refractivity contribution < 1.29 is 5.11 Å². The Labute approximate surface area is 129 Å². The number of aliphatic hydroxyl groups excluding tert-OH is 1. The molecule has 0 spiro atoms. The lowest BCUT2D eigenvalue weighted by atomic mass is 9.89. The average Bonchev–Trinajstić information content (AvgIpc) is 2.99. The van der Waals surface area contributed by atoms with E-state index in [2.05, 4.69) is 48.3 Å². The molecule has 1 aliphatic rings. The van der Waals surface area contributed by atoms with Gasteiger partial charge in [-0.15, -0.1) is 0 Å². The van der Waals surface area contributed by atoms with E-state index in [0.29, 0.717) is 6.04 Å². The molecule has 1 fully saturated rings. The summed E-state index contributed by atoms with van der Waals surface area (Å²) in [6, 6.07) is 11.1. The van der Waals surface area contributed by atoms with Crippen molar-refractivity contribution in [3.8, 4) is 0 Å². The van der Waals surface area contributed by atoms with E-state index in [1.807, 2.05) is 6.07 Å². The highest BCUT2D eigenvalue weighted by atomic mass is 16.3. The van der Waals surface area contributed by atoms with Crippen LogP contribution in [0, 0.1) is 0 Å². The van der Waals surface area contributed by atoms with E-state index in [0.717, 1.165) is 26.1 Å². The van der Waals surface area contributed by atoms with Crippen molar-refractivity contribution in [2.24, 2.45) is 0 Å². The molecule has 1 saturated heterocycles. The maximum atomic E-state index is 10.2. The second-order valence-corrected chi connectivity index (χ2v) is 6.21. The minimum atomic E-state index is -0.338. The Balaban J connectivity index is 2.22. The number of rotatable bonds is 8. The molecule has 1 aromatic carbocycles. The van der Waals surface area contributed by atoms with Gasteiger partial charge in [-0.1, -0.05) is 44.2 Å². The third kappa shape index (κ3) is 3.85. The monoisotopic (exact) mass is 290 g/mol. The minimum Gasteiger partial charge on any atom is -0.394 e. The molecule has 0 aromatic heterocycles. The SMILES string of the molecule is CCCNC(CO)(CN1CCCC1CC)c1ccccc1. The zero-order chi connectivity index (χ0) is 15.1. The standard InChI is InChI=1S/C18H30N2O/c1-3-12-19-18(15-21,16-9-6-5-7-10-16)14-20-13-8-11-17(20)4-2/h5-7,9-10,17,19,21H,3-4,8,11-15H2,1-2H3. The van der Waals surface area contributed by atoms with Gasteiger partial charge in [0.25, 0.3) is 0 Å². The number of nitrogens with zero attached hydrogens (tertiary/aromatic N) is 1. The molecule has 2 rings (SSSR count). The summed E-state index contributed by atoms with van der Waals surface area (Å²) >= 11 is 0. The fraction of sp³-hybridized carbons (Fsp3) is 0.667. The van der Waals surface area contributed by atoms with Crippen molar-refractivity contribution >= 4 is 0 Å². The number of hydrogen-bond donors (Lipinski definition) is 2. The highest BCUT2D eigenvalue weighted by molar-refractivity contribution is 5.25. The van der Waals surface area contributed by atoms with E-state index < -0.39 is 0 Å². The summed E-state index contributed by atoms with van der Waals surface area (Å²) in [5, 5.41) is 13.8. The molecule has 0 saturated carbocycles. The summed E-state index contributed by atoms with van der Waals surface area (Å²) in [5.41, 5.74) is 0.859. The number of hydrogen-bond acceptors (Lipinski definition) is 3. The summed E-state index contributed by atoms with van der Waals surface area (Å²) in [6.45, 7) is 7.56. The van der Waals surface area contributed by atoms with Gasteiger partial charge in [-0.05, 0) is 44.3 Å². The molecule has 0 bridgehead atoms. The van der Waals surface area contributed by atoms with Crippen molar-refractivity contribution in [1.29, 1.82) is 0 Å². The van der Waals surface area contributed by atoms with Gasteiger partial charge in [0.2, 0.25) is 0 Å². The van der Waals surface area contributed by atoms with E-state index >= 15 is 0 Å². The van der Waals surface area contributed by atoms with Gasteiger partial charge in [-0.3, -0.25) is 4.90 Å². The Morgan fingerprint density at radius 2 is 2.05 bits per heavy atom. The lowest BCUT2D eigenvalue weighted by molar-refractivity contribution is 0.0989. The van der Waals surface area contributed by atoms with Crippen LogP contribution in [0.1, 0.15) is 45.1 Å². The molecule has 1 heterocycles. The Hall–Kier alpha value is -0.900. The molecule has 0 amide bonds. The predicted molar refractivity (Wildman–Crippen MR) is 88.4 cm³/mol. The summed E-state index contributed by atoms with van der Waals surface area (Å²) < 4.78 is 0. The van der Waals surface area contributed by atoms with Crippen LogP contribution in [0.2, 0.25) is 0 Å². The minimum absolute atomic E-state index is 0.143. The van der Waals surface area contributed by atoms with E-state index in [-0.39, 0.29) is 12.1 Å². The van der Waals surface area contributed by atoms with Crippen LogP contribution in [0.15, 0.2) is 30.3 Å². The van der Waals surface area contributed by atoms with Crippen LogP contribution in [0.25, 0.3) is 0 Å². The first kappa shape index (κ1) is 16.5. The van der Waals surface area contributed by atoms with Crippen LogP contribution in [0.4, 0.5) is 0 Å². The van der Waals surface area contributed by atoms with Gasteiger partial charge in [0.05, 0.1) is 12.1 Å². The lowest BCUT2D eigenvalue weighted by Crippen LogP contribution is -2.54. The van der Waals surface area contributed by atoms with E-state index in [1.165, 1.54) is 24.8 Å². The van der Waals surface area contributed by atoms with Crippen molar-refractivity contribution in [1.82, 2.24) is 10.2 Å². The third-order valence-electron chi connectivity index (χ3n) is 4.75. The quantitative estimate of drug-likeness (QED) is 0.773. The topological polar surface area (TPSA) is 35.5 Å². The molecular formula is C18H30N2O. The zero-order valence-corrected chi connectivity index (χ0v) is 13.5. The molecule has 1 aliphatic heterocycles. The Morgan fingerprint density at radius 1 is 1.29 bits per heavy atom. The van der Waals surface area contributed by atoms with Gasteiger partial charge in [-0.2, -0.15) is 0 Å². The Morgan fingerprint density at radius 3 is 2.67 bits per heavy atom. The smallest absolute Gasteiger partial charge is 0.0798 e. The first-order valence-electron chi connectivity index (χ1n) is 8.41. The van der Waals surface area contributed by atoms with Crippen LogP contribution in [-0.2, 0) is 5.54 Å². The van der Waals surface area contributed by atoms with Gasteiger partial charge in [0.15, 0.2) is 0 Å². The first-order chi connectivity index (χ1) is 10.3. The van der Waals surface area contributed by atoms with Crippen LogP contribution in [0.3, 0.4) is 0 Å². The highest BCUT2D eigenvalue weighted by Crippen LogP contribution is 2.28. The van der Waals surface area contributed by atoms with Crippen molar-refractivity contribution in [3.05, 3.63) is 35.9 Å². The maximum absolute atomic E-state index is 10.2. The van der Waals surface area contributed by atoms with E-state index in [4.69, 9.17) is 0 Å². The lowest BCUT2D eigenvalue weighted by Gasteiger charge is -2.39. The fourth-order valence-corrected chi connectivity index (χ4v) is 3.48. The third-order valence-corrected chi connectivity index (χ3v) is 4.75. The second-order valence-electron chi connectivity index (χ2n) is 6.21. The first-order valence-corrected chi connectivity index (χ1v) is 8.41. The largest absolute Gasteiger partial charge is 0.394 e. The van der Waals surface area contributed by atoms with Crippen LogP contribution >= 0.6 is 0 Å². The number of benzene rings is 1. The van der Waals surface area contributed by atoms with Gasteiger partial charge >= 0.3 is 0 Å². The predicted octanol–water partition coefficient (Wildman–Crippen LogP) is 2.75. The molecule has 3 heteroatoms. The molecule has 118 valence electrons. The van der Waals surface area contributed by atoms with Crippen molar-refractivity contribution in [3.63, 3.8) is 0 Å². The Bertz CT molecular complexity index is 409. The summed E-state index contributed by atoms with van der Waals surface area (Å²) in [4.78, 5) is 2.56. The molecule has 2 unspecified atom stereocenters. The summed E-state index contributed by atoms with van der Waals surface area (Å²) in [6.07, 6.45) is 4.85. The normalized spacial score (nSPS) is 22.3. The summed E-state index contributed by atoms with van der Waals surface area (Å²) in [5.74, 6) is 0. The van der Waals surface area contributed by atoms with Gasteiger partial charge in [-0.25, -0.2) is 0 Å². The average molecular weight is 290 g/mol. The molecular weight excluding hydrogens is 260 g/mol. The van der Waals surface area contributed by atoms with E-state index in [1.54, 1.807) is 0 Å². The zero-order valence-electron chi connectivity index (χ0n) is 13.5. The Kier molecular flexibility index (Phi) is 6.22. The number of aliphatic hydroxyl groups is 1. The van der Waals surface area contributed by atoms with Crippen LogP contribution < -0.4 is 5.32 Å². The van der Waals surface area contributed by atoms with E-state index in [9.17, 15) is 5.11 Å². The van der Waals surface area contributed by atoms with Crippen LogP contribution in [-0.4, -0.2) is 42.3 Å².